The minimum atomic E-state index is -3.43. The molecule has 0 amide bonds. The molecule has 1 aliphatic carbocycles. The Morgan fingerprint density at radius 3 is 2.61 bits per heavy atom. The van der Waals surface area contributed by atoms with Gasteiger partial charge in [0.2, 0.25) is 10.0 Å². The zero-order chi connectivity index (χ0) is 13.4. The fourth-order valence-corrected chi connectivity index (χ4v) is 4.30. The summed E-state index contributed by atoms with van der Waals surface area (Å²) >= 11 is 1.26. The molecule has 0 unspecified atom stereocenters. The monoisotopic (exact) mass is 289 g/mol. The first-order chi connectivity index (χ1) is 8.39. The van der Waals surface area contributed by atoms with E-state index in [1.165, 1.54) is 17.4 Å². The van der Waals surface area contributed by atoms with Crippen molar-refractivity contribution in [2.75, 3.05) is 6.54 Å². The first kappa shape index (κ1) is 14.0. The largest absolute Gasteiger partial charge is 0.391 e. The summed E-state index contributed by atoms with van der Waals surface area (Å²) in [6, 6.07) is 1.53. The Bertz CT molecular complexity index is 515. The normalized spacial score (nSPS) is 18.2. The molecule has 102 valence electrons. The lowest BCUT2D eigenvalue weighted by atomic mass is 9.93. The van der Waals surface area contributed by atoms with E-state index in [9.17, 15) is 8.42 Å². The number of sulfonamides is 1. The maximum absolute atomic E-state index is 12.1. The second-order valence-electron chi connectivity index (χ2n) is 5.25. The third-order valence-electron chi connectivity index (χ3n) is 3.83. The lowest BCUT2D eigenvalue weighted by Crippen LogP contribution is -2.32. The minimum absolute atomic E-state index is 0.115. The zero-order valence-electron chi connectivity index (χ0n) is 10.6. The predicted octanol–water partition coefficient (Wildman–Crippen LogP) is 1.95. The predicted molar refractivity (Wildman–Crippen MR) is 71.9 cm³/mol. The molecule has 0 bridgehead atoms. The van der Waals surface area contributed by atoms with E-state index in [1.54, 1.807) is 5.38 Å². The van der Waals surface area contributed by atoms with Crippen LogP contribution in [0.1, 0.15) is 31.6 Å². The number of aliphatic hydroxyl groups excluding tert-OH is 1. The molecule has 0 aliphatic heterocycles. The summed E-state index contributed by atoms with van der Waals surface area (Å²) in [5.41, 5.74) is 0.156. The molecule has 1 fully saturated rings. The molecule has 0 saturated heterocycles. The maximum atomic E-state index is 12.1. The van der Waals surface area contributed by atoms with Crippen LogP contribution in [0.25, 0.3) is 0 Å². The SMILES string of the molecule is CC(C)C1(CNS(=O)(=O)c2csc(CO)c2)CC1. The van der Waals surface area contributed by atoms with Crippen LogP contribution in [0.4, 0.5) is 0 Å². The summed E-state index contributed by atoms with van der Waals surface area (Å²) in [4.78, 5) is 0.927. The van der Waals surface area contributed by atoms with Crippen LogP contribution in [-0.4, -0.2) is 20.1 Å². The van der Waals surface area contributed by atoms with E-state index in [1.807, 2.05) is 0 Å². The van der Waals surface area contributed by atoms with Crippen molar-refractivity contribution in [3.8, 4) is 0 Å². The minimum Gasteiger partial charge on any atom is -0.391 e. The van der Waals surface area contributed by atoms with Gasteiger partial charge in [0.1, 0.15) is 0 Å². The van der Waals surface area contributed by atoms with Gasteiger partial charge in [0.25, 0.3) is 0 Å². The molecule has 1 aliphatic rings. The van der Waals surface area contributed by atoms with E-state index in [0.29, 0.717) is 17.3 Å². The molecular formula is C12H19NO3S2. The van der Waals surface area contributed by atoms with E-state index in [-0.39, 0.29) is 16.9 Å². The lowest BCUT2D eigenvalue weighted by Gasteiger charge is -2.19. The maximum Gasteiger partial charge on any atom is 0.241 e. The molecule has 0 atom stereocenters. The highest BCUT2D eigenvalue weighted by Crippen LogP contribution is 2.51. The van der Waals surface area contributed by atoms with Gasteiger partial charge in [-0.05, 0) is 30.2 Å². The van der Waals surface area contributed by atoms with Crippen LogP contribution < -0.4 is 4.72 Å². The van der Waals surface area contributed by atoms with Crippen LogP contribution in [0.5, 0.6) is 0 Å². The van der Waals surface area contributed by atoms with Crippen LogP contribution in [-0.2, 0) is 16.6 Å². The molecule has 2 rings (SSSR count). The van der Waals surface area contributed by atoms with Gasteiger partial charge in [0.05, 0.1) is 11.5 Å². The molecule has 1 heterocycles. The second kappa shape index (κ2) is 4.92. The smallest absolute Gasteiger partial charge is 0.241 e. The third-order valence-corrected chi connectivity index (χ3v) is 6.28. The van der Waals surface area contributed by atoms with Crippen LogP contribution in [0, 0.1) is 11.3 Å². The number of thiophene rings is 1. The van der Waals surface area contributed by atoms with Crippen molar-refractivity contribution < 1.29 is 13.5 Å². The molecule has 0 aromatic carbocycles. The Morgan fingerprint density at radius 1 is 1.50 bits per heavy atom. The van der Waals surface area contributed by atoms with Crippen molar-refractivity contribution in [2.45, 2.75) is 38.2 Å². The van der Waals surface area contributed by atoms with E-state index >= 15 is 0 Å². The number of rotatable bonds is 6. The molecule has 1 saturated carbocycles. The standard InChI is InChI=1S/C12H19NO3S2/c1-9(2)12(3-4-12)8-13-18(15,16)11-5-10(6-14)17-7-11/h5,7,9,13-14H,3-4,6,8H2,1-2H3. The summed E-state index contributed by atoms with van der Waals surface area (Å²) in [7, 11) is -3.43. The number of aliphatic hydroxyl groups is 1. The Hall–Kier alpha value is -0.430. The van der Waals surface area contributed by atoms with Crippen LogP contribution in [0.15, 0.2) is 16.3 Å². The van der Waals surface area contributed by atoms with Gasteiger partial charge in [-0.2, -0.15) is 0 Å². The van der Waals surface area contributed by atoms with Crippen LogP contribution in [0.3, 0.4) is 0 Å². The van der Waals surface area contributed by atoms with Gasteiger partial charge in [-0.15, -0.1) is 11.3 Å². The van der Waals surface area contributed by atoms with E-state index in [2.05, 4.69) is 18.6 Å². The summed E-state index contributed by atoms with van der Waals surface area (Å²) < 4.78 is 26.8. The fourth-order valence-electron chi connectivity index (χ4n) is 2.03. The van der Waals surface area contributed by atoms with Crippen LogP contribution in [0.2, 0.25) is 0 Å². The van der Waals surface area contributed by atoms with Gasteiger partial charge in [0, 0.05) is 16.8 Å². The van der Waals surface area contributed by atoms with E-state index in [4.69, 9.17) is 5.11 Å². The van der Waals surface area contributed by atoms with Gasteiger partial charge >= 0.3 is 0 Å². The summed E-state index contributed by atoms with van der Waals surface area (Å²) in [6.45, 7) is 4.67. The topological polar surface area (TPSA) is 66.4 Å². The average Bonchev–Trinajstić information content (AvgIpc) is 2.96. The highest BCUT2D eigenvalue weighted by atomic mass is 32.2. The van der Waals surface area contributed by atoms with Gasteiger partial charge in [-0.3, -0.25) is 0 Å². The summed E-state index contributed by atoms with van der Waals surface area (Å²) in [5.74, 6) is 0.496. The molecule has 0 spiro atoms. The molecule has 1 aromatic rings. The molecule has 0 radical (unpaired) electrons. The molecule has 6 heteroatoms. The Morgan fingerprint density at radius 2 is 2.17 bits per heavy atom. The van der Waals surface area contributed by atoms with Crippen LogP contribution >= 0.6 is 11.3 Å². The highest BCUT2D eigenvalue weighted by molar-refractivity contribution is 7.89. The number of nitrogens with one attached hydrogen (secondary N) is 1. The number of hydrogen-bond acceptors (Lipinski definition) is 4. The molecule has 1 aromatic heterocycles. The van der Waals surface area contributed by atoms with Crippen molar-refractivity contribution in [3.63, 3.8) is 0 Å². The van der Waals surface area contributed by atoms with Crippen molar-refractivity contribution in [2.24, 2.45) is 11.3 Å². The van der Waals surface area contributed by atoms with Gasteiger partial charge in [0.15, 0.2) is 0 Å². The van der Waals surface area contributed by atoms with Gasteiger partial charge in [-0.1, -0.05) is 13.8 Å². The molecule has 2 N–H and O–H groups in total. The first-order valence-corrected chi connectivity index (χ1v) is 8.44. The average molecular weight is 289 g/mol. The summed E-state index contributed by atoms with van der Waals surface area (Å²) in [5, 5.41) is 10.5. The van der Waals surface area contributed by atoms with E-state index in [0.717, 1.165) is 12.8 Å². The van der Waals surface area contributed by atoms with Gasteiger partial charge in [-0.25, -0.2) is 13.1 Å². The Kier molecular flexibility index (Phi) is 3.82. The zero-order valence-corrected chi connectivity index (χ0v) is 12.3. The highest BCUT2D eigenvalue weighted by Gasteiger charge is 2.45. The molecule has 4 nitrogen and oxygen atoms in total. The Balaban J connectivity index is 2.04. The van der Waals surface area contributed by atoms with Crippen molar-refractivity contribution in [1.82, 2.24) is 4.72 Å². The third kappa shape index (κ3) is 2.77. The second-order valence-corrected chi connectivity index (χ2v) is 8.01. The quantitative estimate of drug-likeness (QED) is 0.841. The van der Waals surface area contributed by atoms with Crippen molar-refractivity contribution in [1.29, 1.82) is 0 Å². The van der Waals surface area contributed by atoms with Crippen molar-refractivity contribution >= 4 is 21.4 Å². The molecular weight excluding hydrogens is 270 g/mol. The van der Waals surface area contributed by atoms with Crippen molar-refractivity contribution in [3.05, 3.63) is 16.3 Å². The summed E-state index contributed by atoms with van der Waals surface area (Å²) in [6.07, 6.45) is 2.19. The van der Waals surface area contributed by atoms with Gasteiger partial charge < -0.3 is 5.11 Å². The number of hydrogen-bond donors (Lipinski definition) is 2. The lowest BCUT2D eigenvalue weighted by molar-refractivity contribution is 0.285. The first-order valence-electron chi connectivity index (χ1n) is 6.07. The fraction of sp³-hybridized carbons (Fsp3) is 0.667. The van der Waals surface area contributed by atoms with E-state index < -0.39 is 10.0 Å². The molecule has 18 heavy (non-hydrogen) atoms. The Labute approximate surface area is 112 Å².